The molecular formula is C8H9BrO2. The molecule has 1 saturated heterocycles. The molecule has 0 amide bonds. The minimum atomic E-state index is -0.132. The van der Waals surface area contributed by atoms with Gasteiger partial charge in [0, 0.05) is 5.92 Å². The van der Waals surface area contributed by atoms with E-state index in [9.17, 15) is 4.79 Å². The van der Waals surface area contributed by atoms with E-state index >= 15 is 0 Å². The Bertz CT molecular complexity index is 204. The van der Waals surface area contributed by atoms with Crippen molar-refractivity contribution in [1.82, 2.24) is 0 Å². The Morgan fingerprint density at radius 3 is 2.82 bits per heavy atom. The van der Waals surface area contributed by atoms with Gasteiger partial charge in [0.2, 0.25) is 0 Å². The molecule has 0 radical (unpaired) electrons. The van der Waals surface area contributed by atoms with Crippen molar-refractivity contribution in [2.45, 2.75) is 24.0 Å². The van der Waals surface area contributed by atoms with Crippen LogP contribution in [0, 0.1) is 5.92 Å². The zero-order chi connectivity index (χ0) is 8.01. The zero-order valence-corrected chi connectivity index (χ0v) is 7.74. The fraction of sp³-hybridized carbons (Fsp3) is 0.625. The van der Waals surface area contributed by atoms with Crippen molar-refractivity contribution >= 4 is 21.7 Å². The predicted molar refractivity (Wildman–Crippen MR) is 44.7 cm³/mol. The van der Waals surface area contributed by atoms with Crippen LogP contribution in [0.25, 0.3) is 0 Å². The molecule has 0 aromatic rings. The molecule has 2 rings (SSSR count). The van der Waals surface area contributed by atoms with E-state index in [0.717, 1.165) is 0 Å². The lowest BCUT2D eigenvalue weighted by atomic mass is 9.96. The predicted octanol–water partition coefficient (Wildman–Crippen LogP) is 1.29. The topological polar surface area (TPSA) is 26.3 Å². The Balaban J connectivity index is 2.29. The maximum absolute atomic E-state index is 11.4. The van der Waals surface area contributed by atoms with Crippen LogP contribution >= 0.6 is 15.9 Å². The van der Waals surface area contributed by atoms with Crippen LogP contribution in [0.3, 0.4) is 0 Å². The molecule has 0 spiro atoms. The first-order valence-electron chi connectivity index (χ1n) is 3.72. The van der Waals surface area contributed by atoms with Gasteiger partial charge in [-0.15, -0.1) is 0 Å². The van der Waals surface area contributed by atoms with Crippen LogP contribution < -0.4 is 0 Å². The first kappa shape index (κ1) is 7.50. The van der Waals surface area contributed by atoms with Crippen LogP contribution in [0.2, 0.25) is 0 Å². The molecule has 2 bridgehead atoms. The monoisotopic (exact) mass is 216 g/mol. The first-order chi connectivity index (χ1) is 5.20. The summed E-state index contributed by atoms with van der Waals surface area (Å²) in [5.41, 5.74) is 0. The smallest absolute Gasteiger partial charge is 0.155 e. The van der Waals surface area contributed by atoms with E-state index in [-0.39, 0.29) is 28.7 Å². The molecule has 0 aromatic carbocycles. The summed E-state index contributed by atoms with van der Waals surface area (Å²) in [6.07, 6.45) is 3.95. The highest BCUT2D eigenvalue weighted by atomic mass is 79.9. The quantitative estimate of drug-likeness (QED) is 0.451. The van der Waals surface area contributed by atoms with Gasteiger partial charge >= 0.3 is 0 Å². The average Bonchev–Trinajstić information content (AvgIpc) is 2.44. The van der Waals surface area contributed by atoms with Crippen molar-refractivity contribution in [3.05, 3.63) is 12.2 Å². The maximum Gasteiger partial charge on any atom is 0.155 e. The summed E-state index contributed by atoms with van der Waals surface area (Å²) in [6.45, 7) is 1.91. The molecule has 2 nitrogen and oxygen atoms in total. The third-order valence-electron chi connectivity index (χ3n) is 2.31. The summed E-state index contributed by atoms with van der Waals surface area (Å²) in [4.78, 5) is 11.3. The molecule has 0 aliphatic carbocycles. The summed E-state index contributed by atoms with van der Waals surface area (Å²) in [6, 6.07) is 0. The van der Waals surface area contributed by atoms with Gasteiger partial charge in [-0.1, -0.05) is 35.0 Å². The highest BCUT2D eigenvalue weighted by Gasteiger charge is 2.42. The molecule has 0 aromatic heterocycles. The number of ketones is 1. The van der Waals surface area contributed by atoms with Crippen molar-refractivity contribution < 1.29 is 9.53 Å². The second-order valence-corrected chi connectivity index (χ2v) is 4.03. The number of ether oxygens (including phenoxy) is 1. The molecule has 2 aliphatic heterocycles. The van der Waals surface area contributed by atoms with Crippen LogP contribution in [0.4, 0.5) is 0 Å². The standard InChI is InChI=1S/C8H9BrO2/c1-4-5-2-3-6(11-5)7(9)8(4)10/h2-7H,1H3. The minimum Gasteiger partial charge on any atom is -0.364 e. The lowest BCUT2D eigenvalue weighted by molar-refractivity contribution is -0.133. The van der Waals surface area contributed by atoms with E-state index in [2.05, 4.69) is 15.9 Å². The molecule has 2 aliphatic rings. The third kappa shape index (κ3) is 0.983. The summed E-state index contributed by atoms with van der Waals surface area (Å²) >= 11 is 3.32. The van der Waals surface area contributed by atoms with Crippen LogP contribution in [0.15, 0.2) is 12.2 Å². The van der Waals surface area contributed by atoms with Gasteiger partial charge < -0.3 is 4.74 Å². The molecule has 4 atom stereocenters. The number of alkyl halides is 1. The van der Waals surface area contributed by atoms with E-state index in [1.165, 1.54) is 0 Å². The fourth-order valence-corrected chi connectivity index (χ4v) is 2.23. The number of rotatable bonds is 0. The SMILES string of the molecule is CC1C(=O)C(Br)C2C=CC1O2. The number of hydrogen-bond donors (Lipinski definition) is 0. The van der Waals surface area contributed by atoms with Crippen LogP contribution in [0.5, 0.6) is 0 Å². The van der Waals surface area contributed by atoms with Gasteiger partial charge in [0.05, 0.1) is 12.2 Å². The largest absolute Gasteiger partial charge is 0.364 e. The number of fused-ring (bicyclic) bond motifs is 2. The molecule has 60 valence electrons. The molecule has 3 heteroatoms. The van der Waals surface area contributed by atoms with Gasteiger partial charge in [0.15, 0.2) is 5.78 Å². The average molecular weight is 217 g/mol. The lowest BCUT2D eigenvalue weighted by Crippen LogP contribution is -2.42. The normalized spacial score (nSPS) is 48.4. The Labute approximate surface area is 73.7 Å². The maximum atomic E-state index is 11.4. The third-order valence-corrected chi connectivity index (χ3v) is 3.28. The lowest BCUT2D eigenvalue weighted by Gasteiger charge is -2.29. The van der Waals surface area contributed by atoms with Gasteiger partial charge in [-0.25, -0.2) is 0 Å². The van der Waals surface area contributed by atoms with E-state index in [0.29, 0.717) is 0 Å². The second-order valence-electron chi connectivity index (χ2n) is 3.04. The molecule has 0 N–H and O–H groups in total. The van der Waals surface area contributed by atoms with Gasteiger partial charge in [0.1, 0.15) is 4.83 Å². The van der Waals surface area contributed by atoms with Crippen molar-refractivity contribution in [3.63, 3.8) is 0 Å². The molecule has 0 saturated carbocycles. The Hall–Kier alpha value is -0.150. The van der Waals surface area contributed by atoms with Crippen molar-refractivity contribution in [1.29, 1.82) is 0 Å². The van der Waals surface area contributed by atoms with Crippen LogP contribution in [0.1, 0.15) is 6.92 Å². The minimum absolute atomic E-state index is 0.00868. The number of carbonyl (C=O) groups excluding carboxylic acids is 1. The van der Waals surface area contributed by atoms with Gasteiger partial charge in [-0.05, 0) is 0 Å². The molecule has 4 unspecified atom stereocenters. The number of halogens is 1. The van der Waals surface area contributed by atoms with Crippen molar-refractivity contribution in [2.75, 3.05) is 0 Å². The van der Waals surface area contributed by atoms with Crippen LogP contribution in [-0.2, 0) is 9.53 Å². The fourth-order valence-electron chi connectivity index (χ4n) is 1.52. The van der Waals surface area contributed by atoms with E-state index in [4.69, 9.17) is 4.74 Å². The van der Waals surface area contributed by atoms with Gasteiger partial charge in [-0.2, -0.15) is 0 Å². The van der Waals surface area contributed by atoms with E-state index < -0.39 is 0 Å². The highest BCUT2D eigenvalue weighted by molar-refractivity contribution is 9.10. The number of Topliss-reactive ketones (excluding diaryl/α,β-unsaturated/α-hetero) is 1. The summed E-state index contributed by atoms with van der Waals surface area (Å²) in [5, 5.41) is 0. The molecular weight excluding hydrogens is 208 g/mol. The summed E-state index contributed by atoms with van der Waals surface area (Å²) < 4.78 is 5.51. The van der Waals surface area contributed by atoms with Crippen molar-refractivity contribution in [3.8, 4) is 0 Å². The Morgan fingerprint density at radius 2 is 2.09 bits per heavy atom. The van der Waals surface area contributed by atoms with Gasteiger partial charge in [-0.3, -0.25) is 4.79 Å². The highest BCUT2D eigenvalue weighted by Crippen LogP contribution is 2.32. The Morgan fingerprint density at radius 1 is 1.45 bits per heavy atom. The number of carbonyl (C=O) groups is 1. The Kier molecular flexibility index (Phi) is 1.65. The number of hydrogen-bond acceptors (Lipinski definition) is 2. The van der Waals surface area contributed by atoms with E-state index in [1.54, 1.807) is 0 Å². The second kappa shape index (κ2) is 2.42. The first-order valence-corrected chi connectivity index (χ1v) is 4.63. The van der Waals surface area contributed by atoms with Crippen molar-refractivity contribution in [2.24, 2.45) is 5.92 Å². The zero-order valence-electron chi connectivity index (χ0n) is 6.16. The molecule has 1 fully saturated rings. The van der Waals surface area contributed by atoms with Crippen LogP contribution in [-0.4, -0.2) is 22.8 Å². The molecule has 11 heavy (non-hydrogen) atoms. The summed E-state index contributed by atoms with van der Waals surface area (Å²) in [7, 11) is 0. The summed E-state index contributed by atoms with van der Waals surface area (Å²) in [5.74, 6) is 0.269. The molecule has 2 heterocycles. The van der Waals surface area contributed by atoms with E-state index in [1.807, 2.05) is 19.1 Å². The van der Waals surface area contributed by atoms with Gasteiger partial charge in [0.25, 0.3) is 0 Å².